The number of amides is 2. The molecule has 2 aliphatic rings. The minimum Gasteiger partial charge on any atom is -0.392 e. The van der Waals surface area contributed by atoms with Gasteiger partial charge < -0.3 is 24.8 Å². The quantitative estimate of drug-likeness (QED) is 0.334. The van der Waals surface area contributed by atoms with Crippen molar-refractivity contribution >= 4 is 29.3 Å². The lowest BCUT2D eigenvalue weighted by Gasteiger charge is -2.36. The maximum atomic E-state index is 13.0. The molecule has 0 spiro atoms. The zero-order valence-electron chi connectivity index (χ0n) is 22.5. The van der Waals surface area contributed by atoms with Crippen LogP contribution in [0, 0.1) is 0 Å². The van der Waals surface area contributed by atoms with Crippen molar-refractivity contribution in [2.24, 2.45) is 0 Å². The molecule has 8 nitrogen and oxygen atoms in total. The van der Waals surface area contributed by atoms with Crippen LogP contribution < -0.4 is 5.32 Å². The lowest BCUT2D eigenvalue weighted by atomic mass is 10.0. The Labute approximate surface area is 245 Å². The standard InChI is InChI=1S/C30H30F3N3O5S/c31-30(32,33)29(39)36-14-4-7-24(36)27(38)35-22-6-3-5-21(15-22)28-40-23(18-42-26-8-1-2-13-34-26)16-25(41-28)20-11-9-19(17-37)10-12-20/h1-3,5-6,8-13,15,23-25,28,37H,4,7,14,16-18H2,(H,35,38)/t23-,24-,25+,28+/m0/s1. The molecule has 5 rings (SSSR count). The van der Waals surface area contributed by atoms with E-state index in [1.54, 1.807) is 42.2 Å². The number of aliphatic hydroxyl groups excluding tert-OH is 1. The molecule has 222 valence electrons. The van der Waals surface area contributed by atoms with Crippen LogP contribution in [0.5, 0.6) is 0 Å². The Bertz CT molecular complexity index is 1380. The number of hydrogen-bond acceptors (Lipinski definition) is 7. The second-order valence-corrected chi connectivity index (χ2v) is 11.1. The lowest BCUT2D eigenvalue weighted by Crippen LogP contribution is -2.48. The first-order chi connectivity index (χ1) is 20.2. The molecule has 0 bridgehead atoms. The number of aliphatic hydroxyl groups is 1. The fourth-order valence-corrected chi connectivity index (χ4v) is 5.95. The van der Waals surface area contributed by atoms with E-state index < -0.39 is 30.3 Å². The summed E-state index contributed by atoms with van der Waals surface area (Å²) in [6.07, 6.45) is -3.60. The third-order valence-electron chi connectivity index (χ3n) is 7.15. The molecule has 0 radical (unpaired) electrons. The Kier molecular flexibility index (Phi) is 9.47. The largest absolute Gasteiger partial charge is 0.471 e. The molecule has 12 heteroatoms. The van der Waals surface area contributed by atoms with Crippen molar-refractivity contribution in [1.29, 1.82) is 0 Å². The average molecular weight is 602 g/mol. The SMILES string of the molecule is O=C(Nc1cccc([C@@H]2O[C@H](CSc3ccccn3)C[C@H](c3ccc(CO)cc3)O2)c1)[C@@H]1CCCN1C(=O)C(F)(F)F. The van der Waals surface area contributed by atoms with E-state index >= 15 is 0 Å². The van der Waals surface area contributed by atoms with Crippen molar-refractivity contribution in [3.63, 3.8) is 0 Å². The maximum Gasteiger partial charge on any atom is 0.471 e. The third kappa shape index (κ3) is 7.30. The maximum absolute atomic E-state index is 13.0. The molecule has 2 aromatic carbocycles. The number of alkyl halides is 3. The van der Waals surface area contributed by atoms with Crippen LogP contribution in [0.25, 0.3) is 0 Å². The summed E-state index contributed by atoms with van der Waals surface area (Å²) in [6.45, 7) is -0.193. The first-order valence-corrected chi connectivity index (χ1v) is 14.5. The highest BCUT2D eigenvalue weighted by Gasteiger charge is 2.47. The zero-order chi connectivity index (χ0) is 29.7. The van der Waals surface area contributed by atoms with Gasteiger partial charge in [-0.1, -0.05) is 42.5 Å². The van der Waals surface area contributed by atoms with Crippen LogP contribution in [0.3, 0.4) is 0 Å². The van der Waals surface area contributed by atoms with Crippen molar-refractivity contribution in [3.8, 4) is 0 Å². The van der Waals surface area contributed by atoms with E-state index in [1.807, 2.05) is 42.5 Å². The summed E-state index contributed by atoms with van der Waals surface area (Å²) < 4.78 is 51.8. The molecule has 2 N–H and O–H groups in total. The number of carbonyl (C=O) groups excluding carboxylic acids is 2. The van der Waals surface area contributed by atoms with Crippen LogP contribution in [-0.4, -0.2) is 57.4 Å². The number of pyridine rings is 1. The van der Waals surface area contributed by atoms with Gasteiger partial charge in [-0.15, -0.1) is 11.8 Å². The Hall–Kier alpha value is -3.45. The average Bonchev–Trinajstić information content (AvgIpc) is 3.50. The van der Waals surface area contributed by atoms with Crippen molar-refractivity contribution in [2.45, 2.75) is 61.6 Å². The Morgan fingerprint density at radius 3 is 2.57 bits per heavy atom. The topological polar surface area (TPSA) is 101 Å². The van der Waals surface area contributed by atoms with Gasteiger partial charge in [0, 0.05) is 36.2 Å². The number of thioether (sulfide) groups is 1. The van der Waals surface area contributed by atoms with E-state index in [0.29, 0.717) is 34.7 Å². The highest BCUT2D eigenvalue weighted by molar-refractivity contribution is 7.99. The van der Waals surface area contributed by atoms with E-state index in [4.69, 9.17) is 9.47 Å². The molecule has 3 heterocycles. The molecule has 1 aromatic heterocycles. The van der Waals surface area contributed by atoms with Gasteiger partial charge in [0.25, 0.3) is 0 Å². The van der Waals surface area contributed by atoms with Crippen LogP contribution in [0.1, 0.15) is 48.3 Å². The predicted molar refractivity (Wildman–Crippen MR) is 149 cm³/mol. The summed E-state index contributed by atoms with van der Waals surface area (Å²) in [4.78, 5) is 29.7. The number of anilines is 1. The summed E-state index contributed by atoms with van der Waals surface area (Å²) in [5, 5.41) is 13.0. The zero-order valence-corrected chi connectivity index (χ0v) is 23.3. The number of hydrogen-bond donors (Lipinski definition) is 2. The minimum absolute atomic E-state index is 0.0671. The molecule has 4 atom stereocenters. The van der Waals surface area contributed by atoms with E-state index in [-0.39, 0.29) is 31.8 Å². The third-order valence-corrected chi connectivity index (χ3v) is 8.23. The van der Waals surface area contributed by atoms with Gasteiger partial charge in [0.2, 0.25) is 5.91 Å². The molecule has 0 aliphatic carbocycles. The van der Waals surface area contributed by atoms with Crippen molar-refractivity contribution in [1.82, 2.24) is 9.88 Å². The highest BCUT2D eigenvalue weighted by atomic mass is 32.2. The Balaban J connectivity index is 1.32. The van der Waals surface area contributed by atoms with Gasteiger partial charge in [-0.25, -0.2) is 4.98 Å². The summed E-state index contributed by atoms with van der Waals surface area (Å²) in [6, 6.07) is 18.7. The molecule has 2 fully saturated rings. The van der Waals surface area contributed by atoms with E-state index in [0.717, 1.165) is 16.2 Å². The molecule has 0 unspecified atom stereocenters. The molecule has 0 saturated carbocycles. The molecule has 2 aliphatic heterocycles. The first-order valence-electron chi connectivity index (χ1n) is 13.5. The highest BCUT2D eigenvalue weighted by Crippen LogP contribution is 2.40. The Morgan fingerprint density at radius 2 is 1.86 bits per heavy atom. The summed E-state index contributed by atoms with van der Waals surface area (Å²) in [7, 11) is 0. The number of nitrogens with one attached hydrogen (secondary N) is 1. The normalized spacial score (nSPS) is 22.6. The van der Waals surface area contributed by atoms with Crippen LogP contribution in [0.2, 0.25) is 0 Å². The van der Waals surface area contributed by atoms with Gasteiger partial charge in [-0.05, 0) is 48.2 Å². The van der Waals surface area contributed by atoms with E-state index in [2.05, 4.69) is 10.3 Å². The number of likely N-dealkylation sites (tertiary alicyclic amines) is 1. The van der Waals surface area contributed by atoms with Crippen LogP contribution >= 0.6 is 11.8 Å². The van der Waals surface area contributed by atoms with Crippen molar-refractivity contribution in [2.75, 3.05) is 17.6 Å². The first kappa shape index (κ1) is 30.0. The number of halogens is 3. The smallest absolute Gasteiger partial charge is 0.392 e. The molecule has 3 aromatic rings. The Morgan fingerprint density at radius 1 is 1.05 bits per heavy atom. The van der Waals surface area contributed by atoms with Gasteiger partial charge in [0.15, 0.2) is 6.29 Å². The number of aromatic nitrogens is 1. The van der Waals surface area contributed by atoms with E-state index in [9.17, 15) is 27.9 Å². The minimum atomic E-state index is -5.04. The second kappa shape index (κ2) is 13.2. The van der Waals surface area contributed by atoms with Crippen LogP contribution in [-0.2, 0) is 25.7 Å². The number of ether oxygens (including phenoxy) is 2. The van der Waals surface area contributed by atoms with Crippen LogP contribution in [0.4, 0.5) is 18.9 Å². The van der Waals surface area contributed by atoms with Gasteiger partial charge in [-0.2, -0.15) is 13.2 Å². The fourth-order valence-electron chi connectivity index (χ4n) is 5.07. The number of nitrogens with zero attached hydrogens (tertiary/aromatic N) is 2. The van der Waals surface area contributed by atoms with Gasteiger partial charge >= 0.3 is 12.1 Å². The summed E-state index contributed by atoms with van der Waals surface area (Å²) in [5.74, 6) is -2.08. The molecular formula is C30H30F3N3O5S. The van der Waals surface area contributed by atoms with E-state index in [1.165, 1.54) is 0 Å². The number of rotatable bonds is 8. The van der Waals surface area contributed by atoms with Crippen LogP contribution in [0.15, 0.2) is 78.0 Å². The van der Waals surface area contributed by atoms with Crippen molar-refractivity contribution in [3.05, 3.63) is 89.6 Å². The van der Waals surface area contributed by atoms with Gasteiger partial charge in [0.1, 0.15) is 6.04 Å². The summed E-state index contributed by atoms with van der Waals surface area (Å²) >= 11 is 1.56. The predicted octanol–water partition coefficient (Wildman–Crippen LogP) is 5.40. The summed E-state index contributed by atoms with van der Waals surface area (Å²) in [5.41, 5.74) is 2.68. The molecule has 2 amide bonds. The van der Waals surface area contributed by atoms with Gasteiger partial charge in [-0.3, -0.25) is 9.59 Å². The fraction of sp³-hybridized carbons (Fsp3) is 0.367. The lowest BCUT2D eigenvalue weighted by molar-refractivity contribution is -0.245. The molecule has 42 heavy (non-hydrogen) atoms. The monoisotopic (exact) mass is 601 g/mol. The molecular weight excluding hydrogens is 571 g/mol. The molecule has 2 saturated heterocycles. The van der Waals surface area contributed by atoms with Crippen molar-refractivity contribution < 1.29 is 37.3 Å². The van der Waals surface area contributed by atoms with Gasteiger partial charge in [0.05, 0.1) is 23.8 Å². The number of carbonyl (C=O) groups is 2. The second-order valence-electron chi connectivity index (χ2n) is 10.1. The number of benzene rings is 2.